The number of likely N-dealkylation sites (tertiary alicyclic amines) is 1. The average molecular weight is 542 g/mol. The normalized spacial score (nSPS) is 16.3. The average Bonchev–Trinajstić information content (AvgIpc) is 3.23. The highest BCUT2D eigenvalue weighted by Crippen LogP contribution is 2.25. The van der Waals surface area contributed by atoms with Gasteiger partial charge in [-0.25, -0.2) is 4.98 Å². The van der Waals surface area contributed by atoms with Crippen molar-refractivity contribution in [3.05, 3.63) is 54.2 Å². The van der Waals surface area contributed by atoms with Gasteiger partial charge in [0.15, 0.2) is 5.96 Å². The summed E-state index contributed by atoms with van der Waals surface area (Å²) in [6.45, 7) is 3.85. The first-order chi connectivity index (χ1) is 14.3. The lowest BCUT2D eigenvalue weighted by Crippen LogP contribution is -2.39. The maximum absolute atomic E-state index is 5.51. The first-order valence-electron chi connectivity index (χ1n) is 9.98. The number of hydrogen-bond acceptors (Lipinski definition) is 5. The Hall–Kier alpha value is -1.52. The minimum Gasteiger partial charge on any atom is -0.475 e. The van der Waals surface area contributed by atoms with Crippen LogP contribution in [-0.2, 0) is 11.3 Å². The number of ether oxygens (including phenoxy) is 2. The highest BCUT2D eigenvalue weighted by molar-refractivity contribution is 14.0. The Morgan fingerprint density at radius 2 is 2.07 bits per heavy atom. The molecule has 1 unspecified atom stereocenters. The number of nitrogens with zero attached hydrogens (tertiary/aromatic N) is 3. The van der Waals surface area contributed by atoms with Gasteiger partial charge >= 0.3 is 0 Å². The molecule has 0 amide bonds. The van der Waals surface area contributed by atoms with Crippen LogP contribution in [0.1, 0.15) is 12.0 Å². The summed E-state index contributed by atoms with van der Waals surface area (Å²) in [6.07, 6.45) is 3.04. The number of thioether (sulfide) groups is 1. The predicted molar refractivity (Wildman–Crippen MR) is 134 cm³/mol. The van der Waals surface area contributed by atoms with Crippen molar-refractivity contribution >= 4 is 41.7 Å². The van der Waals surface area contributed by atoms with Crippen LogP contribution in [0.4, 0.5) is 0 Å². The van der Waals surface area contributed by atoms with Crippen molar-refractivity contribution in [2.24, 2.45) is 10.9 Å². The summed E-state index contributed by atoms with van der Waals surface area (Å²) >= 11 is 1.94. The first-order valence-corrected chi connectivity index (χ1v) is 11.0. The van der Waals surface area contributed by atoms with E-state index < -0.39 is 0 Å². The van der Waals surface area contributed by atoms with Gasteiger partial charge in [-0.15, -0.1) is 35.7 Å². The molecule has 30 heavy (non-hydrogen) atoms. The highest BCUT2D eigenvalue weighted by atomic mass is 127. The second-order valence-electron chi connectivity index (χ2n) is 6.97. The minimum absolute atomic E-state index is 0. The van der Waals surface area contributed by atoms with Gasteiger partial charge in [0.25, 0.3) is 0 Å². The van der Waals surface area contributed by atoms with Crippen molar-refractivity contribution in [2.45, 2.75) is 17.9 Å². The Morgan fingerprint density at radius 3 is 2.77 bits per heavy atom. The maximum Gasteiger partial charge on any atom is 0.213 e. The van der Waals surface area contributed by atoms with E-state index in [9.17, 15) is 0 Å². The van der Waals surface area contributed by atoms with Crippen LogP contribution in [-0.4, -0.2) is 62.1 Å². The zero-order chi connectivity index (χ0) is 20.3. The molecule has 2 aromatic rings. The minimum atomic E-state index is 0. The van der Waals surface area contributed by atoms with Crippen LogP contribution >= 0.6 is 35.7 Å². The molecule has 1 fully saturated rings. The fraction of sp³-hybridized carbons (Fsp3) is 0.455. The summed E-state index contributed by atoms with van der Waals surface area (Å²) in [7, 11) is 3.50. The van der Waals surface area contributed by atoms with Gasteiger partial charge in [-0.3, -0.25) is 4.99 Å². The molecule has 1 saturated heterocycles. The van der Waals surface area contributed by atoms with E-state index in [4.69, 9.17) is 9.47 Å². The van der Waals surface area contributed by atoms with E-state index >= 15 is 0 Å². The van der Waals surface area contributed by atoms with Crippen LogP contribution in [0.2, 0.25) is 0 Å². The summed E-state index contributed by atoms with van der Waals surface area (Å²) in [5, 5.41) is 3.46. The van der Waals surface area contributed by atoms with E-state index in [1.165, 1.54) is 11.3 Å². The van der Waals surface area contributed by atoms with Crippen molar-refractivity contribution in [3.63, 3.8) is 0 Å². The summed E-state index contributed by atoms with van der Waals surface area (Å²) in [4.78, 5) is 12.5. The molecule has 0 aliphatic carbocycles. The first kappa shape index (κ1) is 24.7. The van der Waals surface area contributed by atoms with Crippen molar-refractivity contribution < 1.29 is 9.47 Å². The van der Waals surface area contributed by atoms with Gasteiger partial charge in [-0.05, 0) is 30.0 Å². The highest BCUT2D eigenvalue weighted by Gasteiger charge is 2.24. The number of halogens is 1. The van der Waals surface area contributed by atoms with Gasteiger partial charge in [0.1, 0.15) is 6.61 Å². The number of aromatic nitrogens is 1. The lowest BCUT2D eigenvalue weighted by Gasteiger charge is -2.21. The fourth-order valence-electron chi connectivity index (χ4n) is 3.24. The molecular weight excluding hydrogens is 511 g/mol. The molecule has 0 saturated carbocycles. The molecule has 0 spiro atoms. The van der Waals surface area contributed by atoms with E-state index in [2.05, 4.69) is 50.5 Å². The van der Waals surface area contributed by atoms with Gasteiger partial charge in [-0.2, -0.15) is 0 Å². The summed E-state index contributed by atoms with van der Waals surface area (Å²) in [5.74, 6) is 3.40. The zero-order valence-corrected chi connectivity index (χ0v) is 20.8. The Kier molecular flexibility index (Phi) is 11.3. The van der Waals surface area contributed by atoms with Crippen LogP contribution in [0.5, 0.6) is 5.88 Å². The molecule has 2 heterocycles. The van der Waals surface area contributed by atoms with Crippen LogP contribution in [0.3, 0.4) is 0 Å². The summed E-state index contributed by atoms with van der Waals surface area (Å²) in [6, 6.07) is 14.5. The number of aliphatic imine (C=N–C) groups is 1. The van der Waals surface area contributed by atoms with Crippen LogP contribution in [0.15, 0.2) is 58.5 Å². The number of hydrogen-bond donors (Lipinski definition) is 1. The molecule has 6 nitrogen and oxygen atoms in total. The number of nitrogens with one attached hydrogen (secondary N) is 1. The SMILES string of the molecule is CN=C(NCc1ccc(OCCOC)nc1)N1CCC(CSc2ccccc2)C1.I. The maximum atomic E-state index is 5.51. The number of rotatable bonds is 9. The third-order valence-corrected chi connectivity index (χ3v) is 6.06. The molecular formula is C22H31IN4O2S. The van der Waals surface area contributed by atoms with Gasteiger partial charge in [-0.1, -0.05) is 24.3 Å². The topological polar surface area (TPSA) is 59.0 Å². The van der Waals surface area contributed by atoms with Gasteiger partial charge in [0.2, 0.25) is 5.88 Å². The van der Waals surface area contributed by atoms with Gasteiger partial charge in [0.05, 0.1) is 6.61 Å². The van der Waals surface area contributed by atoms with Crippen LogP contribution in [0.25, 0.3) is 0 Å². The van der Waals surface area contributed by atoms with E-state index in [1.807, 2.05) is 37.1 Å². The number of pyridine rings is 1. The Morgan fingerprint density at radius 1 is 1.23 bits per heavy atom. The molecule has 1 aliphatic heterocycles. The second-order valence-corrected chi connectivity index (χ2v) is 8.06. The lowest BCUT2D eigenvalue weighted by molar-refractivity contribution is 0.143. The third-order valence-electron chi connectivity index (χ3n) is 4.81. The van der Waals surface area contributed by atoms with Crippen molar-refractivity contribution in [1.82, 2.24) is 15.2 Å². The van der Waals surface area contributed by atoms with E-state index in [0.29, 0.717) is 31.6 Å². The largest absolute Gasteiger partial charge is 0.475 e. The van der Waals surface area contributed by atoms with E-state index in [0.717, 1.165) is 30.4 Å². The van der Waals surface area contributed by atoms with Crippen molar-refractivity contribution in [3.8, 4) is 5.88 Å². The molecule has 1 N–H and O–H groups in total. The predicted octanol–water partition coefficient (Wildman–Crippen LogP) is 3.91. The van der Waals surface area contributed by atoms with Crippen molar-refractivity contribution in [1.29, 1.82) is 0 Å². The van der Waals surface area contributed by atoms with Gasteiger partial charge in [0, 0.05) is 56.7 Å². The van der Waals surface area contributed by atoms with E-state index in [1.54, 1.807) is 7.11 Å². The molecule has 0 bridgehead atoms. The molecule has 3 rings (SSSR count). The zero-order valence-electron chi connectivity index (χ0n) is 17.6. The summed E-state index contributed by atoms with van der Waals surface area (Å²) < 4.78 is 10.5. The lowest BCUT2D eigenvalue weighted by atomic mass is 10.2. The number of benzene rings is 1. The number of methoxy groups -OCH3 is 1. The molecule has 1 aromatic carbocycles. The van der Waals surface area contributed by atoms with Crippen LogP contribution < -0.4 is 10.1 Å². The molecule has 1 atom stereocenters. The molecule has 1 aromatic heterocycles. The second kappa shape index (κ2) is 13.7. The van der Waals surface area contributed by atoms with Crippen molar-refractivity contribution in [2.75, 3.05) is 46.2 Å². The standard InChI is InChI=1S/C22H30N4O2S.HI/c1-23-22(25-15-18-8-9-21(24-14-18)28-13-12-27-2)26-11-10-19(16-26)17-29-20-6-4-3-5-7-20;/h3-9,14,19H,10-13,15-17H2,1-2H3,(H,23,25);1H. The fourth-order valence-corrected chi connectivity index (χ4v) is 4.29. The monoisotopic (exact) mass is 542 g/mol. The molecule has 1 aliphatic rings. The Labute approximate surface area is 200 Å². The smallest absolute Gasteiger partial charge is 0.213 e. The van der Waals surface area contributed by atoms with E-state index in [-0.39, 0.29) is 24.0 Å². The van der Waals surface area contributed by atoms with Crippen LogP contribution in [0, 0.1) is 5.92 Å². The third kappa shape index (κ3) is 7.96. The number of guanidine groups is 1. The summed E-state index contributed by atoms with van der Waals surface area (Å²) in [5.41, 5.74) is 1.10. The quantitative estimate of drug-likeness (QED) is 0.171. The molecule has 0 radical (unpaired) electrons. The molecule has 164 valence electrons. The van der Waals surface area contributed by atoms with Gasteiger partial charge < -0.3 is 19.7 Å². The Balaban J connectivity index is 0.00000320. The molecule has 8 heteroatoms. The Bertz CT molecular complexity index is 761.